The first-order chi connectivity index (χ1) is 12.5. The fourth-order valence-electron chi connectivity index (χ4n) is 2.00. The fourth-order valence-corrected chi connectivity index (χ4v) is 2.20. The number of benzene rings is 2. The summed E-state index contributed by atoms with van der Waals surface area (Å²) < 4.78 is 9.74. The topological polar surface area (TPSA) is 76.4 Å². The number of carbonyl (C=O) groups is 2. The molecule has 0 saturated carbocycles. The van der Waals surface area contributed by atoms with Gasteiger partial charge >= 0.3 is 11.9 Å². The van der Waals surface area contributed by atoms with Gasteiger partial charge in [-0.2, -0.15) is 5.26 Å². The Hall–Kier alpha value is -3.36. The maximum atomic E-state index is 11.9. The number of rotatable bonds is 5. The highest BCUT2D eigenvalue weighted by molar-refractivity contribution is 6.32. The zero-order valence-corrected chi connectivity index (χ0v) is 14.6. The van der Waals surface area contributed by atoms with Crippen molar-refractivity contribution >= 4 is 35.7 Å². The number of hydrogen-bond donors (Lipinski definition) is 0. The molecule has 0 N–H and O–H groups in total. The molecule has 0 atom stereocenters. The number of hydrogen-bond acceptors (Lipinski definition) is 5. The summed E-state index contributed by atoms with van der Waals surface area (Å²) in [6.45, 7) is 0. The molecular formula is C20H14ClNO4. The van der Waals surface area contributed by atoms with Crippen molar-refractivity contribution in [2.24, 2.45) is 0 Å². The van der Waals surface area contributed by atoms with Crippen LogP contribution in [-0.4, -0.2) is 19.0 Å². The first kappa shape index (κ1) is 19.0. The van der Waals surface area contributed by atoms with Crippen molar-refractivity contribution in [1.29, 1.82) is 5.26 Å². The van der Waals surface area contributed by atoms with Crippen molar-refractivity contribution in [3.05, 3.63) is 76.3 Å². The van der Waals surface area contributed by atoms with Gasteiger partial charge in [-0.05, 0) is 41.5 Å². The molecule has 0 fully saturated rings. The van der Waals surface area contributed by atoms with Gasteiger partial charge in [0, 0.05) is 11.1 Å². The molecule has 2 rings (SSSR count). The van der Waals surface area contributed by atoms with E-state index in [1.165, 1.54) is 25.3 Å². The molecule has 6 heteroatoms. The maximum Gasteiger partial charge on any atom is 0.348 e. The van der Waals surface area contributed by atoms with Gasteiger partial charge in [0.1, 0.15) is 17.4 Å². The summed E-state index contributed by atoms with van der Waals surface area (Å²) in [5.41, 5.74) is 1.06. The molecule has 0 bridgehead atoms. The standard InChI is InChI=1S/C20H14ClNO4/c1-25-20(24)16(13-22)11-14-5-4-7-17(12-14)26-19(23)10-9-15-6-2-3-8-18(15)21/h2-12H,1H3/b10-9+,16-11+. The first-order valence-corrected chi connectivity index (χ1v) is 7.86. The lowest BCUT2D eigenvalue weighted by Gasteiger charge is -2.03. The zero-order chi connectivity index (χ0) is 18.9. The quantitative estimate of drug-likeness (QED) is 0.345. The van der Waals surface area contributed by atoms with Crippen LogP contribution in [0.3, 0.4) is 0 Å². The van der Waals surface area contributed by atoms with E-state index in [-0.39, 0.29) is 11.3 Å². The Labute approximate surface area is 155 Å². The van der Waals surface area contributed by atoms with Gasteiger partial charge in [-0.1, -0.05) is 41.9 Å². The molecule has 2 aromatic rings. The Kier molecular flexibility index (Phi) is 6.72. The van der Waals surface area contributed by atoms with E-state index in [4.69, 9.17) is 21.6 Å². The molecule has 0 aliphatic heterocycles. The third-order valence-electron chi connectivity index (χ3n) is 3.22. The Morgan fingerprint density at radius 3 is 2.62 bits per heavy atom. The molecule has 130 valence electrons. The third-order valence-corrected chi connectivity index (χ3v) is 3.56. The average Bonchev–Trinajstić information content (AvgIpc) is 2.65. The molecule has 0 amide bonds. The number of halogens is 1. The van der Waals surface area contributed by atoms with E-state index in [1.54, 1.807) is 54.6 Å². The minimum absolute atomic E-state index is 0.158. The molecule has 0 heterocycles. The highest BCUT2D eigenvalue weighted by atomic mass is 35.5. The van der Waals surface area contributed by atoms with Gasteiger partial charge in [-0.15, -0.1) is 0 Å². The van der Waals surface area contributed by atoms with Crippen molar-refractivity contribution < 1.29 is 19.1 Å². The van der Waals surface area contributed by atoms with Crippen LogP contribution < -0.4 is 4.74 Å². The van der Waals surface area contributed by atoms with Crippen LogP contribution in [0.15, 0.2) is 60.2 Å². The van der Waals surface area contributed by atoms with E-state index in [1.807, 2.05) is 0 Å². The summed E-state index contributed by atoms with van der Waals surface area (Å²) in [4.78, 5) is 23.4. The minimum atomic E-state index is -0.738. The van der Waals surface area contributed by atoms with Crippen LogP contribution in [0, 0.1) is 11.3 Å². The van der Waals surface area contributed by atoms with Crippen LogP contribution in [0.1, 0.15) is 11.1 Å². The Morgan fingerprint density at radius 2 is 1.92 bits per heavy atom. The molecule has 0 radical (unpaired) electrons. The van der Waals surface area contributed by atoms with Crippen LogP contribution in [-0.2, 0) is 14.3 Å². The molecule has 0 saturated heterocycles. The lowest BCUT2D eigenvalue weighted by atomic mass is 10.1. The molecule has 0 aromatic heterocycles. The van der Waals surface area contributed by atoms with Gasteiger partial charge in [-0.25, -0.2) is 9.59 Å². The summed E-state index contributed by atoms with van der Waals surface area (Å²) in [5, 5.41) is 9.50. The highest BCUT2D eigenvalue weighted by Crippen LogP contribution is 2.18. The highest BCUT2D eigenvalue weighted by Gasteiger charge is 2.09. The summed E-state index contributed by atoms with van der Waals surface area (Å²) in [6, 6.07) is 15.3. The number of carbonyl (C=O) groups excluding carboxylic acids is 2. The van der Waals surface area contributed by atoms with Crippen molar-refractivity contribution in [3.8, 4) is 11.8 Å². The first-order valence-electron chi connectivity index (χ1n) is 7.48. The SMILES string of the molecule is COC(=O)/C(C#N)=C/c1cccc(OC(=O)/C=C/c2ccccc2Cl)c1. The zero-order valence-electron chi connectivity index (χ0n) is 13.8. The van der Waals surface area contributed by atoms with Crippen molar-refractivity contribution in [3.63, 3.8) is 0 Å². The van der Waals surface area contributed by atoms with Crippen molar-refractivity contribution in [1.82, 2.24) is 0 Å². The Morgan fingerprint density at radius 1 is 1.15 bits per heavy atom. The van der Waals surface area contributed by atoms with Gasteiger partial charge in [0.2, 0.25) is 0 Å². The van der Waals surface area contributed by atoms with Gasteiger partial charge in [0.25, 0.3) is 0 Å². The van der Waals surface area contributed by atoms with E-state index < -0.39 is 11.9 Å². The second-order valence-corrected chi connectivity index (χ2v) is 5.42. The van der Waals surface area contributed by atoms with E-state index in [0.717, 1.165) is 0 Å². The normalized spacial score (nSPS) is 11.0. The molecule has 5 nitrogen and oxygen atoms in total. The van der Waals surface area contributed by atoms with Crippen LogP contribution >= 0.6 is 11.6 Å². The van der Waals surface area contributed by atoms with E-state index in [0.29, 0.717) is 16.1 Å². The molecule has 26 heavy (non-hydrogen) atoms. The third kappa shape index (κ3) is 5.33. The predicted molar refractivity (Wildman–Crippen MR) is 98.2 cm³/mol. The Bertz CT molecular complexity index is 925. The summed E-state index contributed by atoms with van der Waals surface area (Å²) in [5.74, 6) is -1.05. The molecule has 0 aliphatic carbocycles. The fraction of sp³-hybridized carbons (Fsp3) is 0.0500. The Balaban J connectivity index is 2.12. The molecule has 0 aliphatic rings. The molecule has 0 spiro atoms. The smallest absolute Gasteiger partial charge is 0.348 e. The van der Waals surface area contributed by atoms with E-state index >= 15 is 0 Å². The van der Waals surface area contributed by atoms with Crippen LogP contribution in [0.5, 0.6) is 5.75 Å². The van der Waals surface area contributed by atoms with Crippen molar-refractivity contribution in [2.75, 3.05) is 7.11 Å². The van der Waals surface area contributed by atoms with Crippen molar-refractivity contribution in [2.45, 2.75) is 0 Å². The van der Waals surface area contributed by atoms with Gasteiger partial charge < -0.3 is 9.47 Å². The summed E-state index contributed by atoms with van der Waals surface area (Å²) in [6.07, 6.45) is 4.17. The predicted octanol–water partition coefficient (Wildman–Crippen LogP) is 4.04. The molecular weight excluding hydrogens is 354 g/mol. The number of esters is 2. The number of ether oxygens (including phenoxy) is 2. The summed E-state index contributed by atoms with van der Waals surface area (Å²) in [7, 11) is 1.19. The van der Waals surface area contributed by atoms with E-state index in [2.05, 4.69) is 4.74 Å². The number of nitriles is 1. The average molecular weight is 368 g/mol. The lowest BCUT2D eigenvalue weighted by molar-refractivity contribution is -0.135. The molecule has 2 aromatic carbocycles. The molecule has 0 unspecified atom stereocenters. The van der Waals surface area contributed by atoms with Gasteiger partial charge in [0.05, 0.1) is 7.11 Å². The largest absolute Gasteiger partial charge is 0.465 e. The number of methoxy groups -OCH3 is 1. The van der Waals surface area contributed by atoms with Crippen LogP contribution in [0.25, 0.3) is 12.2 Å². The minimum Gasteiger partial charge on any atom is -0.465 e. The monoisotopic (exact) mass is 367 g/mol. The maximum absolute atomic E-state index is 11.9. The van der Waals surface area contributed by atoms with Crippen LogP contribution in [0.2, 0.25) is 5.02 Å². The summed E-state index contributed by atoms with van der Waals surface area (Å²) >= 11 is 6.01. The van der Waals surface area contributed by atoms with Gasteiger partial charge in [-0.3, -0.25) is 0 Å². The second kappa shape index (κ2) is 9.21. The van der Waals surface area contributed by atoms with E-state index in [9.17, 15) is 9.59 Å². The number of nitrogens with zero attached hydrogens (tertiary/aromatic N) is 1. The van der Waals surface area contributed by atoms with Crippen LogP contribution in [0.4, 0.5) is 0 Å². The lowest BCUT2D eigenvalue weighted by Crippen LogP contribution is -2.04. The second-order valence-electron chi connectivity index (χ2n) is 5.01. The van der Waals surface area contributed by atoms with Gasteiger partial charge in [0.15, 0.2) is 0 Å².